The molecule has 2 aliphatic rings. The highest BCUT2D eigenvalue weighted by Crippen LogP contribution is 2.50. The summed E-state index contributed by atoms with van der Waals surface area (Å²) in [6.07, 6.45) is 19.1. The van der Waals surface area contributed by atoms with Gasteiger partial charge in [0, 0.05) is 40.0 Å². The van der Waals surface area contributed by atoms with Crippen LogP contribution in [0.1, 0.15) is 84.3 Å². The first-order valence-electron chi connectivity index (χ1n) is 20.7. The van der Waals surface area contributed by atoms with E-state index in [1.807, 2.05) is 58.0 Å². The number of fused-ring (bicyclic) bond motifs is 4. The number of benzene rings is 3. The number of phenolic OH excluding ortho intramolecular Hbond substituents is 1. The van der Waals surface area contributed by atoms with Crippen molar-refractivity contribution < 1.29 is 5.11 Å². The van der Waals surface area contributed by atoms with Gasteiger partial charge in [-0.15, -0.1) is 0 Å². The normalized spacial score (nSPS) is 17.9. The van der Waals surface area contributed by atoms with E-state index < -0.39 is 21.7 Å². The Morgan fingerprint density at radius 1 is 0.700 bits per heavy atom. The molecule has 2 heterocycles. The molecule has 0 spiro atoms. The van der Waals surface area contributed by atoms with E-state index in [-0.39, 0.29) is 5.75 Å². The van der Waals surface area contributed by atoms with Crippen LogP contribution in [0.2, 0.25) is 0 Å². The third-order valence-electron chi connectivity index (χ3n) is 12.6. The Hall–Kier alpha value is -6.93. The molecule has 0 bridgehead atoms. The molecule has 7 heteroatoms. The van der Waals surface area contributed by atoms with Gasteiger partial charge in [0.25, 0.3) is 0 Å². The molecule has 0 aliphatic heterocycles. The van der Waals surface area contributed by atoms with Gasteiger partial charge in [0.05, 0.1) is 29.8 Å². The smallest absolute Gasteiger partial charge is 0.183 e. The van der Waals surface area contributed by atoms with Gasteiger partial charge in [-0.25, -0.2) is 0 Å². The quantitative estimate of drug-likeness (QED) is 0.111. The molecule has 0 atom stereocenters. The summed E-state index contributed by atoms with van der Waals surface area (Å²) in [5.41, 5.74) is 5.95. The van der Waals surface area contributed by atoms with Gasteiger partial charge in [-0.1, -0.05) is 103 Å². The maximum absolute atomic E-state index is 10.9. The van der Waals surface area contributed by atoms with Gasteiger partial charge in [-0.05, 0) is 124 Å². The minimum atomic E-state index is -1.41. The maximum Gasteiger partial charge on any atom is 0.183 e. The van der Waals surface area contributed by atoms with Gasteiger partial charge in [-0.3, -0.25) is 4.98 Å². The minimum Gasteiger partial charge on any atom is -0.506 e. The van der Waals surface area contributed by atoms with Crippen LogP contribution >= 0.6 is 0 Å². The van der Waals surface area contributed by atoms with Crippen molar-refractivity contribution in [2.45, 2.75) is 79.7 Å². The van der Waals surface area contributed by atoms with E-state index in [0.29, 0.717) is 29.5 Å². The first kappa shape index (κ1) is 41.2. The lowest BCUT2D eigenvalue weighted by atomic mass is 9.62. The van der Waals surface area contributed by atoms with Crippen molar-refractivity contribution >= 4 is 44.9 Å². The summed E-state index contributed by atoms with van der Waals surface area (Å²) in [6, 6.07) is 27.4. The third kappa shape index (κ3) is 7.12. The predicted octanol–water partition coefficient (Wildman–Crippen LogP) is 13.2. The Labute approximate surface area is 353 Å². The number of unbranched alkanes of at least 4 members (excludes halogenated alkanes) is 3. The van der Waals surface area contributed by atoms with Crippen molar-refractivity contribution in [3.63, 3.8) is 0 Å². The average molecular weight is 787 g/mol. The number of pyridine rings is 1. The van der Waals surface area contributed by atoms with Gasteiger partial charge >= 0.3 is 0 Å². The molecule has 0 radical (unpaired) electrons. The third-order valence-corrected chi connectivity index (χ3v) is 12.6. The first-order valence-corrected chi connectivity index (χ1v) is 20.7. The van der Waals surface area contributed by atoms with E-state index in [0.717, 1.165) is 92.8 Å². The summed E-state index contributed by atoms with van der Waals surface area (Å²) >= 11 is 0. The first-order chi connectivity index (χ1) is 28.7. The topological polar surface area (TPSA) is 133 Å². The summed E-state index contributed by atoms with van der Waals surface area (Å²) in [6.45, 7) is 19.5. The molecule has 2 aromatic heterocycles. The molecule has 0 saturated carbocycles. The van der Waals surface area contributed by atoms with Crippen molar-refractivity contribution in [3.8, 4) is 41.2 Å². The molecule has 0 fully saturated rings. The molecule has 0 amide bonds. The minimum absolute atomic E-state index is 0.118. The number of aromatic nitrogens is 2. The largest absolute Gasteiger partial charge is 0.506 e. The highest BCUT2D eigenvalue weighted by Gasteiger charge is 2.44. The van der Waals surface area contributed by atoms with Crippen LogP contribution < -0.4 is 0 Å². The van der Waals surface area contributed by atoms with Gasteiger partial charge < -0.3 is 9.67 Å². The van der Waals surface area contributed by atoms with Crippen LogP contribution in [0.15, 0.2) is 121 Å². The second-order valence-electron chi connectivity index (χ2n) is 17.7. The zero-order valence-electron chi connectivity index (χ0n) is 35.2. The van der Waals surface area contributed by atoms with Crippen LogP contribution in [0.3, 0.4) is 0 Å². The SMILES string of the molecule is C=C1C(C#N)(C#N)C=C(C=Cc2ccc3c(c2)c2cc(C=CC4=CC(C#N)(C#N)C(=C)C(C)(C)C4)cc(-c4ccc(O)c5ncccc45)c2n3CCCCCC)CC1(C)C. The number of hydrogen-bond donors (Lipinski definition) is 1. The van der Waals surface area contributed by atoms with E-state index in [9.17, 15) is 26.2 Å². The number of hydrogen-bond acceptors (Lipinski definition) is 6. The molecule has 0 saturated heterocycles. The number of nitrogens with zero attached hydrogens (tertiary/aromatic N) is 6. The monoisotopic (exact) mass is 786 g/mol. The van der Waals surface area contributed by atoms with Gasteiger partial charge in [-0.2, -0.15) is 21.0 Å². The van der Waals surface area contributed by atoms with E-state index in [1.54, 1.807) is 24.4 Å². The maximum atomic E-state index is 10.9. The van der Waals surface area contributed by atoms with Crippen molar-refractivity contribution in [2.75, 3.05) is 0 Å². The lowest BCUT2D eigenvalue weighted by Crippen LogP contribution is -2.32. The van der Waals surface area contributed by atoms with E-state index in [1.165, 1.54) is 0 Å². The number of nitriles is 4. The number of aromatic hydroxyl groups is 1. The molecule has 7 nitrogen and oxygen atoms in total. The van der Waals surface area contributed by atoms with Crippen LogP contribution in [-0.2, 0) is 6.54 Å². The lowest BCUT2D eigenvalue weighted by molar-refractivity contribution is 0.384. The molecule has 7 rings (SSSR count). The van der Waals surface area contributed by atoms with Crippen molar-refractivity contribution in [3.05, 3.63) is 132 Å². The van der Waals surface area contributed by atoms with E-state index >= 15 is 0 Å². The summed E-state index contributed by atoms with van der Waals surface area (Å²) in [5, 5.41) is 54.4. The molecular formula is C53H50N6O. The molecule has 5 aromatic rings. The molecule has 60 heavy (non-hydrogen) atoms. The zero-order valence-corrected chi connectivity index (χ0v) is 35.2. The Morgan fingerprint density at radius 2 is 1.30 bits per heavy atom. The molecule has 0 unspecified atom stereocenters. The highest BCUT2D eigenvalue weighted by molar-refractivity contribution is 6.16. The molecule has 2 aliphatic carbocycles. The highest BCUT2D eigenvalue weighted by atomic mass is 16.3. The summed E-state index contributed by atoms with van der Waals surface area (Å²) in [7, 11) is 0. The Morgan fingerprint density at radius 3 is 1.90 bits per heavy atom. The van der Waals surface area contributed by atoms with E-state index in [2.05, 4.69) is 96.4 Å². The van der Waals surface area contributed by atoms with Crippen molar-refractivity contribution in [1.29, 1.82) is 21.0 Å². The van der Waals surface area contributed by atoms with Gasteiger partial charge in [0.2, 0.25) is 0 Å². The standard InChI is InChI=1S/C53H50N6O/c1-8-9-10-11-23-59-46-20-18-37(14-16-39-27-50(4,5)35(2)52(29-39,31-54)32-55)24-43(46)45-26-38(15-17-40-28-51(6,7)36(3)53(30-40,33-56)34-57)25-44(49(45)59)41-19-21-47(60)48-42(41)13-12-22-58-48/h12-22,24-26,29-30,60H,2-3,8-11,23,27-28H2,1,4-7H3. The van der Waals surface area contributed by atoms with Gasteiger partial charge in [0.15, 0.2) is 10.8 Å². The number of phenols is 1. The van der Waals surface area contributed by atoms with Gasteiger partial charge in [0.1, 0.15) is 11.3 Å². The summed E-state index contributed by atoms with van der Waals surface area (Å²) in [5.74, 6) is 0.118. The van der Waals surface area contributed by atoms with E-state index in [4.69, 9.17) is 0 Å². The van der Waals surface area contributed by atoms with Crippen molar-refractivity contribution in [2.24, 2.45) is 21.7 Å². The van der Waals surface area contributed by atoms with Crippen LogP contribution in [-0.4, -0.2) is 14.7 Å². The fourth-order valence-corrected chi connectivity index (χ4v) is 9.21. The van der Waals surface area contributed by atoms with Crippen LogP contribution in [0.5, 0.6) is 5.75 Å². The second-order valence-corrected chi connectivity index (χ2v) is 17.7. The predicted molar refractivity (Wildman–Crippen MR) is 243 cm³/mol. The Kier molecular flexibility index (Phi) is 10.8. The van der Waals surface area contributed by atoms with Crippen LogP contribution in [0.25, 0.3) is 56.0 Å². The Bertz CT molecular complexity index is 2890. The number of rotatable bonds is 10. The zero-order chi connectivity index (χ0) is 43.0. The van der Waals surface area contributed by atoms with Crippen molar-refractivity contribution in [1.82, 2.24) is 9.55 Å². The average Bonchev–Trinajstić information content (AvgIpc) is 3.55. The summed E-state index contributed by atoms with van der Waals surface area (Å²) in [4.78, 5) is 4.56. The molecule has 3 aromatic carbocycles. The number of allylic oxidation sites excluding steroid dienone is 8. The second kappa shape index (κ2) is 15.7. The Balaban J connectivity index is 1.46. The van der Waals surface area contributed by atoms with Crippen LogP contribution in [0.4, 0.5) is 0 Å². The molecule has 298 valence electrons. The fraction of sp³-hybridized carbons (Fsp3) is 0.302. The number of aryl methyl sites for hydroxylation is 1. The van der Waals surface area contributed by atoms with Crippen LogP contribution in [0, 0.1) is 67.0 Å². The molecule has 1 N–H and O–H groups in total. The lowest BCUT2D eigenvalue weighted by Gasteiger charge is -2.38. The molecular weight excluding hydrogens is 737 g/mol. The summed E-state index contributed by atoms with van der Waals surface area (Å²) < 4.78 is 2.43. The fourth-order valence-electron chi connectivity index (χ4n) is 9.21.